The normalized spacial score (nSPS) is 15.9. The third-order valence-corrected chi connectivity index (χ3v) is 11.0. The Morgan fingerprint density at radius 1 is 0.387 bits per heavy atom. The van der Waals surface area contributed by atoms with Crippen molar-refractivity contribution in [2.45, 2.75) is 72.2 Å². The second-order valence-electron chi connectivity index (χ2n) is 16.8. The second-order valence-corrected chi connectivity index (χ2v) is 16.8. The first-order valence-electron chi connectivity index (χ1n) is 22.7. The number of phenolic OH excluding ortho intramolecular Hbond substituents is 4. The van der Waals surface area contributed by atoms with E-state index < -0.39 is 48.2 Å². The van der Waals surface area contributed by atoms with E-state index in [-0.39, 0.29) is 111 Å². The molecule has 0 saturated heterocycles. The lowest BCUT2D eigenvalue weighted by atomic mass is 9.95. The third-order valence-electron chi connectivity index (χ3n) is 11.0. The van der Waals surface area contributed by atoms with E-state index in [1.165, 1.54) is 77.1 Å². The van der Waals surface area contributed by atoms with Gasteiger partial charge in [-0.3, -0.25) is 38.4 Å². The summed E-state index contributed by atoms with van der Waals surface area (Å²) in [6.07, 6.45) is -1.54. The summed E-state index contributed by atoms with van der Waals surface area (Å²) < 4.78 is 42.5. The van der Waals surface area contributed by atoms with E-state index in [0.717, 1.165) is 11.6 Å². The molecular weight excluding hydrogens is 981 g/mol. The molecule has 0 fully saturated rings. The van der Waals surface area contributed by atoms with Gasteiger partial charge >= 0.3 is 29.8 Å². The van der Waals surface area contributed by atoms with E-state index in [1.54, 1.807) is 60.7 Å². The smallest absolute Gasteiger partial charge is 0.308 e. The Labute approximate surface area is 426 Å². The quantitative estimate of drug-likeness (QED) is 0.0819. The van der Waals surface area contributed by atoms with Crippen molar-refractivity contribution in [1.82, 2.24) is 0 Å². The van der Waals surface area contributed by atoms with Crippen LogP contribution >= 0.6 is 0 Å². The number of aromatic hydroxyl groups is 4. The summed E-state index contributed by atoms with van der Waals surface area (Å²) in [5.74, 6) is -2.68. The number of hydrogen-bond acceptors (Lipinski definition) is 20. The summed E-state index contributed by atoms with van der Waals surface area (Å²) in [4.78, 5) is 93.1. The average Bonchev–Trinajstić information content (AvgIpc) is 3.31. The van der Waals surface area contributed by atoms with Gasteiger partial charge in [-0.25, -0.2) is 0 Å². The summed E-state index contributed by atoms with van der Waals surface area (Å²) in [5.41, 5.74) is 2.41. The molecule has 6 aromatic rings. The van der Waals surface area contributed by atoms with E-state index in [0.29, 0.717) is 22.6 Å². The number of carbonyl (C=O) groups is 8. The summed E-state index contributed by atoms with van der Waals surface area (Å²) in [5, 5.41) is 38.5. The fourth-order valence-electron chi connectivity index (χ4n) is 8.00. The number of esters is 5. The number of hydrogen-bond donors (Lipinski definition) is 4. The molecule has 4 N–H and O–H groups in total. The molecule has 0 radical (unpaired) electrons. The molecule has 386 valence electrons. The summed E-state index contributed by atoms with van der Waals surface area (Å²) in [7, 11) is 0. The third kappa shape index (κ3) is 13.4. The Morgan fingerprint density at radius 3 is 1.13 bits per heavy atom. The van der Waals surface area contributed by atoms with Crippen LogP contribution in [0.15, 0.2) is 109 Å². The zero-order valence-corrected chi connectivity index (χ0v) is 40.6. The van der Waals surface area contributed by atoms with Crippen molar-refractivity contribution in [2.24, 2.45) is 0 Å². The molecule has 0 saturated carbocycles. The van der Waals surface area contributed by atoms with Gasteiger partial charge < -0.3 is 58.3 Å². The predicted octanol–water partition coefficient (Wildman–Crippen LogP) is 8.63. The van der Waals surface area contributed by atoms with E-state index in [9.17, 15) is 58.8 Å². The molecule has 3 heterocycles. The van der Waals surface area contributed by atoms with E-state index >= 15 is 0 Å². The van der Waals surface area contributed by atoms with Crippen LogP contribution in [0.5, 0.6) is 69.0 Å². The molecule has 0 bridgehead atoms. The molecule has 75 heavy (non-hydrogen) atoms. The molecule has 20 heteroatoms. The second kappa shape index (κ2) is 22.8. The topological polar surface area (TPSA) is 291 Å². The Hall–Kier alpha value is -9.72. The van der Waals surface area contributed by atoms with Crippen molar-refractivity contribution in [3.05, 3.63) is 143 Å². The van der Waals surface area contributed by atoms with Crippen molar-refractivity contribution in [1.29, 1.82) is 0 Å². The van der Waals surface area contributed by atoms with Gasteiger partial charge in [-0.1, -0.05) is 36.4 Å². The van der Waals surface area contributed by atoms with Crippen LogP contribution in [0, 0.1) is 0 Å². The first kappa shape index (κ1) is 53.1. The summed E-state index contributed by atoms with van der Waals surface area (Å²) >= 11 is 0. The van der Waals surface area contributed by atoms with Gasteiger partial charge in [-0.05, 0) is 53.1 Å². The van der Waals surface area contributed by atoms with Crippen molar-refractivity contribution >= 4 is 47.2 Å². The van der Waals surface area contributed by atoms with Crippen LogP contribution in [0.4, 0.5) is 0 Å². The summed E-state index contributed by atoms with van der Waals surface area (Å²) in [6, 6.07) is 27.2. The zero-order chi connectivity index (χ0) is 54.2. The highest BCUT2D eigenvalue weighted by Crippen LogP contribution is 2.45. The van der Waals surface area contributed by atoms with E-state index in [2.05, 4.69) is 0 Å². The Bertz CT molecular complexity index is 3230. The molecule has 20 nitrogen and oxygen atoms in total. The van der Waals surface area contributed by atoms with Gasteiger partial charge in [-0.15, -0.1) is 0 Å². The van der Waals surface area contributed by atoms with Crippen LogP contribution in [-0.2, 0) is 24.0 Å². The number of carbonyl (C=O) groups excluding carboxylic acids is 8. The number of phenols is 4. The fraction of sp³-hybridized carbons (Fsp3) is 0.200. The molecule has 3 aliphatic heterocycles. The zero-order valence-electron chi connectivity index (χ0n) is 40.6. The van der Waals surface area contributed by atoms with E-state index in [1.807, 2.05) is 0 Å². The molecule has 0 unspecified atom stereocenters. The van der Waals surface area contributed by atoms with Crippen LogP contribution in [-0.4, -0.2) is 67.6 Å². The van der Waals surface area contributed by atoms with Crippen molar-refractivity contribution in [3.63, 3.8) is 0 Å². The largest absolute Gasteiger partial charge is 0.508 e. The Balaban J connectivity index is 0.000000167. The van der Waals surface area contributed by atoms with Gasteiger partial charge in [-0.2, -0.15) is 0 Å². The molecule has 0 aromatic heterocycles. The minimum atomic E-state index is -0.622. The average molecular weight is 1030 g/mol. The SMILES string of the molecule is CC(=O)Oc1ccc([C@@H]2CC(=O)c3c(O)cc(OC(C)=O)cc3O2)cc1.CC(=O)Oc1ccc([C@@H]2CC(=O)c3c(OC(C)=O)cc(OC(C)=O)cc3O2)cc1.O=C1C[C@@H](c2ccc(O)cc2)Oc2cc(O)cc(O)c21. The molecule has 3 atom stereocenters. The monoisotopic (exact) mass is 1030 g/mol. The van der Waals surface area contributed by atoms with Crippen LogP contribution in [0.1, 0.15) is 120 Å². The molecule has 0 aliphatic carbocycles. The van der Waals surface area contributed by atoms with Crippen molar-refractivity contribution < 1.29 is 96.7 Å². The molecule has 9 rings (SSSR count). The maximum absolute atomic E-state index is 12.8. The van der Waals surface area contributed by atoms with Crippen LogP contribution < -0.4 is 37.9 Å². The standard InChI is InChI=1S/C21H18O8.C19H16O7.C15H12O5/c1-11(22)26-15-6-4-14(5-7-15)18-10-17(25)21-19(28-13(3)24)8-16(27-12(2)23)9-20(21)29-18;1-10(20)24-13-5-3-12(4-6-13)17-9-16(23)19-15(22)7-14(25-11(2)21)8-18(19)26-17;16-9-3-1-8(2-4-9)13-7-12(19)15-11(18)5-10(17)6-14(15)20-13/h4-9,18H,10H2,1-3H3;3-8,17,22H,9H2,1-2H3;1-6,13,16-18H,7H2/t18-;17-;13-/m000/s1. The fourth-order valence-corrected chi connectivity index (χ4v) is 8.00. The molecule has 3 aliphatic rings. The number of ketones is 3. The van der Waals surface area contributed by atoms with Crippen molar-refractivity contribution in [2.75, 3.05) is 0 Å². The highest BCUT2D eigenvalue weighted by atomic mass is 16.6. The van der Waals surface area contributed by atoms with Crippen LogP contribution in [0.25, 0.3) is 0 Å². The Kier molecular flexibility index (Phi) is 16.1. The number of Topliss-reactive ketones (excluding diaryl/α,β-unsaturated/α-hetero) is 3. The van der Waals surface area contributed by atoms with Gasteiger partial charge in [0.1, 0.15) is 104 Å². The molecule has 6 aromatic carbocycles. The van der Waals surface area contributed by atoms with Crippen molar-refractivity contribution in [3.8, 4) is 69.0 Å². The van der Waals surface area contributed by atoms with Crippen LogP contribution in [0.3, 0.4) is 0 Å². The van der Waals surface area contributed by atoms with Gasteiger partial charge in [0.05, 0.1) is 19.3 Å². The maximum atomic E-state index is 12.8. The minimum absolute atomic E-state index is 0.0150. The van der Waals surface area contributed by atoms with Crippen LogP contribution in [0.2, 0.25) is 0 Å². The molecular formula is C55H46O20. The lowest BCUT2D eigenvalue weighted by Crippen LogP contribution is -2.22. The lowest BCUT2D eigenvalue weighted by Gasteiger charge is -2.27. The maximum Gasteiger partial charge on any atom is 0.308 e. The number of rotatable bonds is 8. The lowest BCUT2D eigenvalue weighted by molar-refractivity contribution is -0.133. The first-order valence-corrected chi connectivity index (χ1v) is 22.7. The number of benzene rings is 6. The van der Waals surface area contributed by atoms with Gasteiger partial charge in [0.2, 0.25) is 0 Å². The van der Waals surface area contributed by atoms with Gasteiger partial charge in [0.25, 0.3) is 0 Å². The minimum Gasteiger partial charge on any atom is -0.508 e. The molecule has 0 amide bonds. The van der Waals surface area contributed by atoms with Gasteiger partial charge in [0.15, 0.2) is 17.3 Å². The van der Waals surface area contributed by atoms with E-state index in [4.69, 9.17) is 37.9 Å². The first-order chi connectivity index (χ1) is 35.6. The van der Waals surface area contributed by atoms with Gasteiger partial charge in [0, 0.05) is 71.0 Å². The summed E-state index contributed by atoms with van der Waals surface area (Å²) in [6.45, 7) is 6.27. The Morgan fingerprint density at radius 2 is 0.720 bits per heavy atom. The number of fused-ring (bicyclic) bond motifs is 3. The predicted molar refractivity (Wildman–Crippen MR) is 259 cm³/mol. The number of ether oxygens (including phenoxy) is 8. The molecule has 0 spiro atoms. The highest BCUT2D eigenvalue weighted by Gasteiger charge is 2.34. The highest BCUT2D eigenvalue weighted by molar-refractivity contribution is 6.04.